The number of carboxylic acids is 1. The molecule has 0 saturated heterocycles. The second-order valence-corrected chi connectivity index (χ2v) is 7.49. The molecule has 0 aliphatic heterocycles. The number of rotatable bonds is 6. The number of nitrogens with zero attached hydrogens (tertiary/aromatic N) is 3. The number of carbonyl (C=O) groups is 2. The first-order chi connectivity index (χ1) is 13.3. The number of benzene rings is 2. The molecule has 10 heteroatoms. The van der Waals surface area contributed by atoms with Crippen LogP contribution in [0.4, 0.5) is 5.69 Å². The number of amides is 1. The van der Waals surface area contributed by atoms with Crippen LogP contribution < -0.4 is 5.32 Å². The van der Waals surface area contributed by atoms with Gasteiger partial charge in [-0.2, -0.15) is 0 Å². The maximum atomic E-state index is 12.1. The Balaban J connectivity index is 1.64. The third-order valence-electron chi connectivity index (χ3n) is 3.75. The smallest absolute Gasteiger partial charge is 0.335 e. The Morgan fingerprint density at radius 3 is 2.50 bits per heavy atom. The third kappa shape index (κ3) is 4.64. The molecular formula is C18H14Cl2N4O3S. The maximum Gasteiger partial charge on any atom is 0.335 e. The van der Waals surface area contributed by atoms with E-state index in [1.165, 1.54) is 36.0 Å². The van der Waals surface area contributed by atoms with E-state index in [0.29, 0.717) is 32.3 Å². The number of aromatic carboxylic acids is 1. The zero-order valence-electron chi connectivity index (χ0n) is 14.5. The van der Waals surface area contributed by atoms with Crippen LogP contribution in [0, 0.1) is 0 Å². The van der Waals surface area contributed by atoms with Gasteiger partial charge in [0.05, 0.1) is 16.3 Å². The summed E-state index contributed by atoms with van der Waals surface area (Å²) in [5.74, 6) is -0.593. The number of halogens is 2. The minimum absolute atomic E-state index is 0.112. The molecule has 1 amide bonds. The van der Waals surface area contributed by atoms with Crippen molar-refractivity contribution in [3.05, 3.63) is 58.1 Å². The molecule has 0 atom stereocenters. The van der Waals surface area contributed by atoms with E-state index < -0.39 is 5.97 Å². The van der Waals surface area contributed by atoms with Gasteiger partial charge in [0, 0.05) is 23.3 Å². The number of thioether (sulfide) groups is 1. The number of anilines is 1. The van der Waals surface area contributed by atoms with E-state index in [0.717, 1.165) is 0 Å². The number of hydrogen-bond donors (Lipinski definition) is 2. The summed E-state index contributed by atoms with van der Waals surface area (Å²) in [6.45, 7) is 0. The van der Waals surface area contributed by atoms with Gasteiger partial charge < -0.3 is 15.0 Å². The van der Waals surface area contributed by atoms with Gasteiger partial charge in [0.25, 0.3) is 0 Å². The summed E-state index contributed by atoms with van der Waals surface area (Å²) in [4.78, 5) is 23.0. The molecule has 1 aromatic heterocycles. The topological polar surface area (TPSA) is 97.1 Å². The average Bonchev–Trinajstić information content (AvgIpc) is 3.01. The molecule has 3 rings (SSSR count). The summed E-state index contributed by atoms with van der Waals surface area (Å²) in [6, 6.07) is 11.0. The fourth-order valence-electron chi connectivity index (χ4n) is 2.37. The van der Waals surface area contributed by atoms with Crippen molar-refractivity contribution < 1.29 is 14.7 Å². The SMILES string of the molecule is Cn1c(SCC(=O)Nc2ccc(C(=O)O)cc2)nnc1-c1ccc(Cl)cc1Cl. The number of hydrogen-bond acceptors (Lipinski definition) is 5. The van der Waals surface area contributed by atoms with Crippen molar-refractivity contribution in [2.75, 3.05) is 11.1 Å². The Bertz CT molecular complexity index is 1040. The Labute approximate surface area is 174 Å². The largest absolute Gasteiger partial charge is 0.478 e. The van der Waals surface area contributed by atoms with Crippen molar-refractivity contribution in [1.29, 1.82) is 0 Å². The molecular weight excluding hydrogens is 423 g/mol. The van der Waals surface area contributed by atoms with Gasteiger partial charge in [0.1, 0.15) is 0 Å². The lowest BCUT2D eigenvalue weighted by atomic mass is 10.2. The van der Waals surface area contributed by atoms with E-state index in [1.807, 2.05) is 0 Å². The van der Waals surface area contributed by atoms with Crippen LogP contribution in [0.3, 0.4) is 0 Å². The van der Waals surface area contributed by atoms with E-state index in [2.05, 4.69) is 15.5 Å². The molecule has 7 nitrogen and oxygen atoms in total. The first-order valence-corrected chi connectivity index (χ1v) is 9.70. The zero-order valence-corrected chi connectivity index (χ0v) is 16.8. The standard InChI is InChI=1S/C18H14Cl2N4O3S/c1-24-16(13-7-4-11(19)8-14(13)20)22-23-18(24)28-9-15(25)21-12-5-2-10(3-6-12)17(26)27/h2-8H,9H2,1H3,(H,21,25)(H,26,27). The molecule has 2 aromatic carbocycles. The molecule has 144 valence electrons. The molecule has 2 N–H and O–H groups in total. The lowest BCUT2D eigenvalue weighted by molar-refractivity contribution is -0.113. The molecule has 0 aliphatic rings. The van der Waals surface area contributed by atoms with Gasteiger partial charge in [-0.15, -0.1) is 10.2 Å². The monoisotopic (exact) mass is 436 g/mol. The van der Waals surface area contributed by atoms with Crippen LogP contribution in [0.2, 0.25) is 10.0 Å². The van der Waals surface area contributed by atoms with Crippen LogP contribution in [-0.2, 0) is 11.8 Å². The maximum absolute atomic E-state index is 12.1. The van der Waals surface area contributed by atoms with Gasteiger partial charge in [0.15, 0.2) is 11.0 Å². The number of nitrogens with one attached hydrogen (secondary N) is 1. The van der Waals surface area contributed by atoms with Crippen LogP contribution in [-0.4, -0.2) is 37.5 Å². The van der Waals surface area contributed by atoms with Gasteiger partial charge in [0.2, 0.25) is 5.91 Å². The van der Waals surface area contributed by atoms with Crippen molar-refractivity contribution in [3.8, 4) is 11.4 Å². The van der Waals surface area contributed by atoms with Gasteiger partial charge >= 0.3 is 5.97 Å². The molecule has 28 heavy (non-hydrogen) atoms. The van der Waals surface area contributed by atoms with Crippen molar-refractivity contribution in [2.24, 2.45) is 7.05 Å². The Morgan fingerprint density at radius 1 is 1.14 bits per heavy atom. The van der Waals surface area contributed by atoms with Crippen molar-refractivity contribution >= 4 is 52.5 Å². The van der Waals surface area contributed by atoms with E-state index in [1.54, 1.807) is 29.8 Å². The fourth-order valence-corrected chi connectivity index (χ4v) is 3.57. The predicted molar refractivity (Wildman–Crippen MR) is 109 cm³/mol. The van der Waals surface area contributed by atoms with Gasteiger partial charge in [-0.3, -0.25) is 4.79 Å². The first kappa shape index (κ1) is 20.2. The summed E-state index contributed by atoms with van der Waals surface area (Å²) in [6.07, 6.45) is 0. The number of carboxylic acid groups (broad SMARTS) is 1. The lowest BCUT2D eigenvalue weighted by Gasteiger charge is -2.07. The molecule has 0 fully saturated rings. The van der Waals surface area contributed by atoms with Crippen molar-refractivity contribution in [3.63, 3.8) is 0 Å². The highest BCUT2D eigenvalue weighted by Crippen LogP contribution is 2.30. The molecule has 0 unspecified atom stereocenters. The average molecular weight is 437 g/mol. The lowest BCUT2D eigenvalue weighted by Crippen LogP contribution is -2.14. The van der Waals surface area contributed by atoms with Gasteiger partial charge in [-0.25, -0.2) is 4.79 Å². The molecule has 1 heterocycles. The minimum Gasteiger partial charge on any atom is -0.478 e. The highest BCUT2D eigenvalue weighted by molar-refractivity contribution is 7.99. The summed E-state index contributed by atoms with van der Waals surface area (Å²) in [5.41, 5.74) is 1.36. The van der Waals surface area contributed by atoms with Crippen LogP contribution >= 0.6 is 35.0 Å². The van der Waals surface area contributed by atoms with Gasteiger partial charge in [-0.05, 0) is 42.5 Å². The second-order valence-electron chi connectivity index (χ2n) is 5.71. The van der Waals surface area contributed by atoms with E-state index >= 15 is 0 Å². The Hall–Kier alpha value is -2.55. The van der Waals surface area contributed by atoms with Crippen LogP contribution in [0.5, 0.6) is 0 Å². The number of aromatic nitrogens is 3. The second kappa shape index (κ2) is 8.64. The highest BCUT2D eigenvalue weighted by Gasteiger charge is 2.15. The van der Waals surface area contributed by atoms with Crippen LogP contribution in [0.25, 0.3) is 11.4 Å². The fraction of sp³-hybridized carbons (Fsp3) is 0.111. The first-order valence-electron chi connectivity index (χ1n) is 7.96. The van der Waals surface area contributed by atoms with Crippen LogP contribution in [0.1, 0.15) is 10.4 Å². The Kier molecular flexibility index (Phi) is 6.23. The summed E-state index contributed by atoms with van der Waals surface area (Å²) in [7, 11) is 1.78. The minimum atomic E-state index is -1.02. The molecule has 0 spiro atoms. The summed E-state index contributed by atoms with van der Waals surface area (Å²) >= 11 is 13.4. The normalized spacial score (nSPS) is 10.7. The summed E-state index contributed by atoms with van der Waals surface area (Å²) in [5, 5.41) is 21.4. The van der Waals surface area contributed by atoms with Gasteiger partial charge in [-0.1, -0.05) is 35.0 Å². The quantitative estimate of drug-likeness (QED) is 0.561. The Morgan fingerprint density at radius 2 is 1.86 bits per heavy atom. The van der Waals surface area contributed by atoms with Crippen molar-refractivity contribution in [1.82, 2.24) is 14.8 Å². The van der Waals surface area contributed by atoms with Crippen molar-refractivity contribution in [2.45, 2.75) is 5.16 Å². The zero-order chi connectivity index (χ0) is 20.3. The molecule has 0 aliphatic carbocycles. The summed E-state index contributed by atoms with van der Waals surface area (Å²) < 4.78 is 1.74. The molecule has 3 aromatic rings. The molecule has 0 radical (unpaired) electrons. The van der Waals surface area contributed by atoms with E-state index in [9.17, 15) is 9.59 Å². The third-order valence-corrected chi connectivity index (χ3v) is 5.32. The number of carbonyl (C=O) groups excluding carboxylic acids is 1. The van der Waals surface area contributed by atoms with E-state index in [4.69, 9.17) is 28.3 Å². The molecule has 0 bridgehead atoms. The van der Waals surface area contributed by atoms with Crippen LogP contribution in [0.15, 0.2) is 47.6 Å². The predicted octanol–water partition coefficient (Wildman–Crippen LogP) is 4.22. The van der Waals surface area contributed by atoms with E-state index in [-0.39, 0.29) is 17.2 Å². The highest BCUT2D eigenvalue weighted by atomic mass is 35.5. The molecule has 0 saturated carbocycles.